The van der Waals surface area contributed by atoms with Gasteiger partial charge in [0, 0.05) is 26.6 Å². The summed E-state index contributed by atoms with van der Waals surface area (Å²) in [4.78, 5) is 25.7. The van der Waals surface area contributed by atoms with Crippen LogP contribution in [0.3, 0.4) is 0 Å². The van der Waals surface area contributed by atoms with Crippen LogP contribution in [0.1, 0.15) is 54.0 Å². The Kier molecular flexibility index (Phi) is 8.76. The molecule has 0 bridgehead atoms. The fourth-order valence-electron chi connectivity index (χ4n) is 2.50. The minimum Gasteiger partial charge on any atom is -0.491 e. The molecule has 1 rings (SSSR count). The number of ether oxygens (including phenoxy) is 2. The topological polar surface area (TPSA) is 67.9 Å². The third-order valence-electron chi connectivity index (χ3n) is 3.75. The molecule has 1 N–H and O–H groups in total. The first-order valence-electron chi connectivity index (χ1n) is 9.45. The van der Waals surface area contributed by atoms with Crippen LogP contribution in [0.25, 0.3) is 0 Å². The van der Waals surface area contributed by atoms with Gasteiger partial charge in [-0.15, -0.1) is 0 Å². The van der Waals surface area contributed by atoms with Gasteiger partial charge >= 0.3 is 5.97 Å². The third-order valence-corrected chi connectivity index (χ3v) is 3.75. The number of esters is 1. The van der Waals surface area contributed by atoms with Gasteiger partial charge in [-0.1, -0.05) is 12.1 Å². The normalized spacial score (nSPS) is 12.8. The standard InChI is InChI=1S/C21H34N2O4/c1-15(2)26-19-10-8-18(9-11-19)14-23(13-12-22-17(4)24)16(3)20(25)27-21(5,6)7/h8-11,15-16H,12-14H2,1-7H3,(H,22,24)/t16-/m1/s1. The van der Waals surface area contributed by atoms with E-state index in [1.54, 1.807) is 0 Å². The van der Waals surface area contributed by atoms with Gasteiger partial charge in [0.1, 0.15) is 17.4 Å². The highest BCUT2D eigenvalue weighted by Gasteiger charge is 2.26. The van der Waals surface area contributed by atoms with Crippen molar-refractivity contribution in [3.05, 3.63) is 29.8 Å². The van der Waals surface area contributed by atoms with Crippen LogP contribution in [0.15, 0.2) is 24.3 Å². The molecule has 0 spiro atoms. The molecule has 27 heavy (non-hydrogen) atoms. The van der Waals surface area contributed by atoms with Crippen LogP contribution in [0.2, 0.25) is 0 Å². The van der Waals surface area contributed by atoms with Gasteiger partial charge in [0.15, 0.2) is 0 Å². The number of nitrogens with zero attached hydrogens (tertiary/aromatic N) is 1. The van der Waals surface area contributed by atoms with E-state index in [1.807, 2.05) is 70.7 Å². The Morgan fingerprint density at radius 1 is 1.11 bits per heavy atom. The van der Waals surface area contributed by atoms with Gasteiger partial charge < -0.3 is 14.8 Å². The maximum absolute atomic E-state index is 12.5. The molecule has 0 fully saturated rings. The van der Waals surface area contributed by atoms with E-state index in [4.69, 9.17) is 9.47 Å². The SMILES string of the molecule is CC(=O)NCCN(Cc1ccc(OC(C)C)cc1)[C@H](C)C(=O)OC(C)(C)C. The highest BCUT2D eigenvalue weighted by Crippen LogP contribution is 2.17. The lowest BCUT2D eigenvalue weighted by Crippen LogP contribution is -2.45. The summed E-state index contributed by atoms with van der Waals surface area (Å²) >= 11 is 0. The van der Waals surface area contributed by atoms with Crippen LogP contribution in [-0.4, -0.2) is 47.6 Å². The van der Waals surface area contributed by atoms with Gasteiger partial charge in [-0.3, -0.25) is 14.5 Å². The Hall–Kier alpha value is -2.08. The first kappa shape index (κ1) is 23.0. The first-order valence-corrected chi connectivity index (χ1v) is 9.45. The maximum atomic E-state index is 12.5. The van der Waals surface area contributed by atoms with Crippen LogP contribution in [0.4, 0.5) is 0 Å². The Morgan fingerprint density at radius 2 is 1.70 bits per heavy atom. The molecule has 0 saturated carbocycles. The summed E-state index contributed by atoms with van der Waals surface area (Å²) in [5.41, 5.74) is 0.522. The molecule has 1 aromatic carbocycles. The number of carbonyl (C=O) groups is 2. The molecular weight excluding hydrogens is 344 g/mol. The maximum Gasteiger partial charge on any atom is 0.323 e. The van der Waals surface area contributed by atoms with Crippen LogP contribution in [0, 0.1) is 0 Å². The quantitative estimate of drug-likeness (QED) is 0.669. The van der Waals surface area contributed by atoms with Gasteiger partial charge in [-0.05, 0) is 59.2 Å². The lowest BCUT2D eigenvalue weighted by molar-refractivity contribution is -0.161. The van der Waals surface area contributed by atoms with E-state index in [0.717, 1.165) is 11.3 Å². The summed E-state index contributed by atoms with van der Waals surface area (Å²) in [7, 11) is 0. The average molecular weight is 379 g/mol. The van der Waals surface area contributed by atoms with Crippen molar-refractivity contribution in [3.63, 3.8) is 0 Å². The zero-order valence-corrected chi connectivity index (χ0v) is 17.7. The highest BCUT2D eigenvalue weighted by molar-refractivity contribution is 5.75. The van der Waals surface area contributed by atoms with Crippen molar-refractivity contribution in [2.24, 2.45) is 0 Å². The van der Waals surface area contributed by atoms with E-state index in [-0.39, 0.29) is 18.0 Å². The molecule has 1 aromatic rings. The monoisotopic (exact) mass is 378 g/mol. The first-order chi connectivity index (χ1) is 12.5. The second-order valence-electron chi connectivity index (χ2n) is 7.97. The largest absolute Gasteiger partial charge is 0.491 e. The van der Waals surface area contributed by atoms with E-state index < -0.39 is 11.6 Å². The van der Waals surface area contributed by atoms with E-state index in [9.17, 15) is 9.59 Å². The van der Waals surface area contributed by atoms with E-state index >= 15 is 0 Å². The van der Waals surface area contributed by atoms with E-state index in [0.29, 0.717) is 19.6 Å². The lowest BCUT2D eigenvalue weighted by atomic mass is 10.1. The average Bonchev–Trinajstić information content (AvgIpc) is 2.52. The molecule has 6 nitrogen and oxygen atoms in total. The third kappa shape index (κ3) is 9.43. The zero-order valence-electron chi connectivity index (χ0n) is 17.7. The van der Waals surface area contributed by atoms with Gasteiger partial charge in [0.25, 0.3) is 0 Å². The number of benzene rings is 1. The molecule has 0 aliphatic heterocycles. The Balaban J connectivity index is 2.83. The van der Waals surface area contributed by atoms with Crippen LogP contribution >= 0.6 is 0 Å². The number of carbonyl (C=O) groups excluding carboxylic acids is 2. The molecule has 0 unspecified atom stereocenters. The molecular formula is C21H34N2O4. The highest BCUT2D eigenvalue weighted by atomic mass is 16.6. The summed E-state index contributed by atoms with van der Waals surface area (Å²) in [6, 6.07) is 7.42. The Morgan fingerprint density at radius 3 is 2.19 bits per heavy atom. The summed E-state index contributed by atoms with van der Waals surface area (Å²) in [6.45, 7) is 14.4. The zero-order chi connectivity index (χ0) is 20.6. The van der Waals surface area contributed by atoms with Crippen molar-refractivity contribution >= 4 is 11.9 Å². The van der Waals surface area contributed by atoms with Crippen molar-refractivity contribution in [3.8, 4) is 5.75 Å². The van der Waals surface area contributed by atoms with E-state index in [1.165, 1.54) is 6.92 Å². The van der Waals surface area contributed by atoms with Crippen molar-refractivity contribution in [2.45, 2.75) is 72.8 Å². The Bertz CT molecular complexity index is 606. The summed E-state index contributed by atoms with van der Waals surface area (Å²) in [5.74, 6) is 0.457. The molecule has 0 aliphatic carbocycles. The van der Waals surface area contributed by atoms with Crippen molar-refractivity contribution < 1.29 is 19.1 Å². The minimum atomic E-state index is -0.537. The fraction of sp³-hybridized carbons (Fsp3) is 0.619. The van der Waals surface area contributed by atoms with Crippen LogP contribution in [0.5, 0.6) is 5.75 Å². The van der Waals surface area contributed by atoms with Gasteiger partial charge in [-0.2, -0.15) is 0 Å². The molecule has 1 amide bonds. The molecule has 0 aromatic heterocycles. The summed E-state index contributed by atoms with van der Waals surface area (Å²) in [5, 5.41) is 2.78. The summed E-state index contributed by atoms with van der Waals surface area (Å²) in [6.07, 6.45) is 0.122. The number of amides is 1. The molecule has 0 saturated heterocycles. The second-order valence-corrected chi connectivity index (χ2v) is 7.97. The van der Waals surface area contributed by atoms with Crippen LogP contribution < -0.4 is 10.1 Å². The molecule has 152 valence electrons. The Labute approximate surface area is 163 Å². The smallest absolute Gasteiger partial charge is 0.323 e. The van der Waals surface area contributed by atoms with Gasteiger partial charge in [0.05, 0.1) is 6.10 Å². The van der Waals surface area contributed by atoms with Crippen LogP contribution in [-0.2, 0) is 20.9 Å². The minimum absolute atomic E-state index is 0.0879. The van der Waals surface area contributed by atoms with Crippen molar-refractivity contribution in [2.75, 3.05) is 13.1 Å². The number of rotatable bonds is 9. The molecule has 0 aliphatic rings. The van der Waals surface area contributed by atoms with Crippen molar-refractivity contribution in [1.82, 2.24) is 10.2 Å². The van der Waals surface area contributed by atoms with Gasteiger partial charge in [0.2, 0.25) is 5.91 Å². The molecule has 6 heteroatoms. The predicted octanol–water partition coefficient (Wildman–Crippen LogP) is 3.14. The number of hydrogen-bond donors (Lipinski definition) is 1. The number of hydrogen-bond acceptors (Lipinski definition) is 5. The lowest BCUT2D eigenvalue weighted by Gasteiger charge is -2.30. The number of nitrogens with one attached hydrogen (secondary N) is 1. The summed E-state index contributed by atoms with van der Waals surface area (Å²) < 4.78 is 11.2. The van der Waals surface area contributed by atoms with E-state index in [2.05, 4.69) is 5.32 Å². The van der Waals surface area contributed by atoms with Gasteiger partial charge in [-0.25, -0.2) is 0 Å². The van der Waals surface area contributed by atoms with Crippen molar-refractivity contribution in [1.29, 1.82) is 0 Å². The molecule has 0 heterocycles. The predicted molar refractivity (Wildman–Crippen MR) is 107 cm³/mol. The fourth-order valence-corrected chi connectivity index (χ4v) is 2.50. The molecule has 0 radical (unpaired) electrons. The second kappa shape index (κ2) is 10.3. The molecule has 1 atom stereocenters.